The van der Waals surface area contributed by atoms with Crippen LogP contribution in [0.4, 0.5) is 0 Å². The molecule has 7 nitrogen and oxygen atoms in total. The fraction of sp³-hybridized carbons (Fsp3) is 1.00. The third-order valence-corrected chi connectivity index (χ3v) is 0.892. The number of phosphoric acid groups is 1. The Morgan fingerprint density at radius 1 is 1.25 bits per heavy atom. The molecule has 0 atom stereocenters. The summed E-state index contributed by atoms with van der Waals surface area (Å²) in [5.41, 5.74) is 0. The molecule has 12 heavy (non-hydrogen) atoms. The minimum Gasteiger partial charge on any atom is -0.397 e. The van der Waals surface area contributed by atoms with Gasteiger partial charge in [-0.1, -0.05) is 0 Å². The van der Waals surface area contributed by atoms with Crippen LogP contribution in [-0.4, -0.2) is 28.1 Å². The summed E-state index contributed by atoms with van der Waals surface area (Å²) in [7, 11) is -4.17. The first kappa shape index (κ1) is 22.7. The van der Waals surface area contributed by atoms with Gasteiger partial charge in [-0.3, -0.25) is 4.52 Å². The predicted octanol–water partition coefficient (Wildman–Crippen LogP) is 0.438. The zero-order valence-electron chi connectivity index (χ0n) is 7.43. The second-order valence-electron chi connectivity index (χ2n) is 1.22. The summed E-state index contributed by atoms with van der Waals surface area (Å²) in [4.78, 5) is 15.8. The first-order chi connectivity index (χ1) is 4.47. The van der Waals surface area contributed by atoms with E-state index in [1.54, 1.807) is 6.92 Å². The van der Waals surface area contributed by atoms with Crippen LogP contribution in [0.3, 0.4) is 0 Å². The average molecular weight is 206 g/mol. The van der Waals surface area contributed by atoms with Crippen molar-refractivity contribution in [2.75, 3.05) is 13.2 Å². The lowest BCUT2D eigenvalue weighted by atomic mass is 10.9. The van der Waals surface area contributed by atoms with E-state index in [0.717, 1.165) is 0 Å². The van der Waals surface area contributed by atoms with Gasteiger partial charge >= 0.3 is 7.82 Å². The molecule has 0 spiro atoms. The first-order valence-corrected chi connectivity index (χ1v) is 4.31. The molecule has 0 saturated carbocycles. The highest BCUT2D eigenvalue weighted by Crippen LogP contribution is 2.34. The topological polar surface area (TPSA) is 157 Å². The Bertz CT molecular complexity index is 106. The van der Waals surface area contributed by atoms with E-state index in [1.807, 2.05) is 0 Å². The molecule has 0 heterocycles. The lowest BCUT2D eigenvalue weighted by molar-refractivity contribution is 0.206. The minimum absolute atomic E-state index is 0. The zero-order valence-corrected chi connectivity index (χ0v) is 8.33. The molecule has 0 amide bonds. The number of hydrogen-bond donors (Lipinski definition) is 5. The Morgan fingerprint density at radius 3 is 1.50 bits per heavy atom. The SMILES string of the molecule is CCO.CCOP(=O)(O)O.N.N. The molecule has 0 fully saturated rings. The van der Waals surface area contributed by atoms with E-state index >= 15 is 0 Å². The summed E-state index contributed by atoms with van der Waals surface area (Å²) in [6.45, 7) is 3.49. The molecule has 0 aromatic rings. The van der Waals surface area contributed by atoms with Crippen molar-refractivity contribution in [1.82, 2.24) is 12.3 Å². The van der Waals surface area contributed by atoms with Crippen LogP contribution in [0.15, 0.2) is 0 Å². The molecule has 9 N–H and O–H groups in total. The molecule has 0 aliphatic heterocycles. The zero-order chi connectivity index (χ0) is 8.62. The summed E-state index contributed by atoms with van der Waals surface area (Å²) in [5.74, 6) is 0. The van der Waals surface area contributed by atoms with Gasteiger partial charge in [-0.25, -0.2) is 4.57 Å². The Kier molecular flexibility index (Phi) is 25.7. The Labute approximate surface area is 72.2 Å². The Balaban J connectivity index is -0.0000000569. The molecule has 0 aliphatic rings. The van der Waals surface area contributed by atoms with Crippen molar-refractivity contribution in [3.05, 3.63) is 0 Å². The molecular formula is C4H19N2O5P. The second kappa shape index (κ2) is 13.6. The minimum atomic E-state index is -4.17. The van der Waals surface area contributed by atoms with Crippen molar-refractivity contribution in [3.63, 3.8) is 0 Å². The van der Waals surface area contributed by atoms with Crippen LogP contribution in [0.1, 0.15) is 13.8 Å². The second-order valence-corrected chi connectivity index (χ2v) is 2.46. The molecular weight excluding hydrogens is 187 g/mol. The van der Waals surface area contributed by atoms with Crippen LogP contribution in [0.2, 0.25) is 0 Å². The summed E-state index contributed by atoms with van der Waals surface area (Å²) < 4.78 is 13.6. The monoisotopic (exact) mass is 206 g/mol. The third kappa shape index (κ3) is 50.7. The standard InChI is InChI=1S/C2H7O4P.C2H6O.2H3N/c1-2-6-7(3,4)5;1-2-3;;/h2H2,1H3,(H2,3,4,5);3H,2H2,1H3;2*1H3. The van der Waals surface area contributed by atoms with E-state index in [0.29, 0.717) is 0 Å². The summed E-state index contributed by atoms with van der Waals surface area (Å²) in [5, 5.41) is 7.57. The van der Waals surface area contributed by atoms with Crippen LogP contribution in [-0.2, 0) is 9.09 Å². The summed E-state index contributed by atoms with van der Waals surface area (Å²) in [6, 6.07) is 0. The highest BCUT2D eigenvalue weighted by molar-refractivity contribution is 7.46. The molecule has 0 aliphatic carbocycles. The number of aliphatic hydroxyl groups is 1. The van der Waals surface area contributed by atoms with E-state index in [1.165, 1.54) is 6.92 Å². The molecule has 0 aromatic heterocycles. The van der Waals surface area contributed by atoms with Gasteiger partial charge < -0.3 is 27.2 Å². The highest BCUT2D eigenvalue weighted by Gasteiger charge is 2.10. The van der Waals surface area contributed by atoms with Gasteiger partial charge in [-0.15, -0.1) is 0 Å². The van der Waals surface area contributed by atoms with E-state index in [9.17, 15) is 4.57 Å². The lowest BCUT2D eigenvalue weighted by Crippen LogP contribution is -1.84. The lowest BCUT2D eigenvalue weighted by Gasteiger charge is -1.98. The van der Waals surface area contributed by atoms with Gasteiger partial charge in [0, 0.05) is 6.61 Å². The van der Waals surface area contributed by atoms with Crippen molar-refractivity contribution in [2.24, 2.45) is 0 Å². The maximum absolute atomic E-state index is 9.70. The van der Waals surface area contributed by atoms with Gasteiger partial charge in [0.2, 0.25) is 0 Å². The fourth-order valence-electron chi connectivity index (χ4n) is 0.168. The van der Waals surface area contributed by atoms with Gasteiger partial charge in [-0.05, 0) is 13.8 Å². The highest BCUT2D eigenvalue weighted by atomic mass is 31.2. The summed E-state index contributed by atoms with van der Waals surface area (Å²) >= 11 is 0. The van der Waals surface area contributed by atoms with Crippen LogP contribution < -0.4 is 12.3 Å². The van der Waals surface area contributed by atoms with Gasteiger partial charge in [0.15, 0.2) is 0 Å². The molecule has 0 saturated heterocycles. The van der Waals surface area contributed by atoms with Crippen molar-refractivity contribution in [1.29, 1.82) is 0 Å². The van der Waals surface area contributed by atoms with Gasteiger partial charge in [-0.2, -0.15) is 0 Å². The smallest absolute Gasteiger partial charge is 0.397 e. The van der Waals surface area contributed by atoms with E-state index in [-0.39, 0.29) is 25.5 Å². The molecule has 0 bridgehead atoms. The van der Waals surface area contributed by atoms with Gasteiger partial charge in [0.05, 0.1) is 6.61 Å². The van der Waals surface area contributed by atoms with Crippen molar-refractivity contribution in [3.8, 4) is 0 Å². The molecule has 80 valence electrons. The molecule has 0 rings (SSSR count). The normalized spacial score (nSPS) is 8.42. The quantitative estimate of drug-likeness (QED) is 0.410. The first-order valence-electron chi connectivity index (χ1n) is 2.78. The van der Waals surface area contributed by atoms with Crippen LogP contribution in [0.5, 0.6) is 0 Å². The van der Waals surface area contributed by atoms with Gasteiger partial charge in [0.25, 0.3) is 0 Å². The van der Waals surface area contributed by atoms with Gasteiger partial charge in [0.1, 0.15) is 0 Å². The van der Waals surface area contributed by atoms with Crippen molar-refractivity contribution < 1.29 is 24.0 Å². The van der Waals surface area contributed by atoms with E-state index in [2.05, 4.69) is 4.52 Å². The molecule has 0 aromatic carbocycles. The average Bonchev–Trinajstić information content (AvgIpc) is 1.63. The van der Waals surface area contributed by atoms with Crippen LogP contribution in [0.25, 0.3) is 0 Å². The molecule has 8 heteroatoms. The van der Waals surface area contributed by atoms with Crippen molar-refractivity contribution in [2.45, 2.75) is 13.8 Å². The maximum atomic E-state index is 9.70. The Hall–Kier alpha value is -0.0100. The predicted molar refractivity (Wildman–Crippen MR) is 46.5 cm³/mol. The van der Waals surface area contributed by atoms with Crippen LogP contribution >= 0.6 is 7.82 Å². The van der Waals surface area contributed by atoms with E-state index in [4.69, 9.17) is 14.9 Å². The summed E-state index contributed by atoms with van der Waals surface area (Å²) in [6.07, 6.45) is 0. The fourth-order valence-corrected chi connectivity index (χ4v) is 0.505. The number of rotatable bonds is 2. The molecule has 0 unspecified atom stereocenters. The van der Waals surface area contributed by atoms with E-state index < -0.39 is 7.82 Å². The van der Waals surface area contributed by atoms with Crippen LogP contribution in [0, 0.1) is 0 Å². The third-order valence-electron chi connectivity index (χ3n) is 0.297. The van der Waals surface area contributed by atoms with Crippen molar-refractivity contribution >= 4 is 7.82 Å². The Morgan fingerprint density at radius 2 is 1.50 bits per heavy atom. The number of phosphoric ester groups is 1. The number of aliphatic hydroxyl groups excluding tert-OH is 1. The maximum Gasteiger partial charge on any atom is 0.469 e. The largest absolute Gasteiger partial charge is 0.469 e. The molecule has 0 radical (unpaired) electrons. The number of hydrogen-bond acceptors (Lipinski definition) is 5.